The first-order valence-electron chi connectivity index (χ1n) is 10.1. The van der Waals surface area contributed by atoms with Crippen molar-refractivity contribution >= 4 is 35.8 Å². The van der Waals surface area contributed by atoms with Gasteiger partial charge in [0.25, 0.3) is 5.91 Å². The Morgan fingerprint density at radius 2 is 2.07 bits per heavy atom. The molecule has 1 atom stereocenters. The Bertz CT molecular complexity index is 836. The number of nitrogens with zero attached hydrogens (tertiary/aromatic N) is 4. The number of carbonyl (C=O) groups is 1. The van der Waals surface area contributed by atoms with Gasteiger partial charge in [0.1, 0.15) is 5.75 Å². The molecule has 2 heterocycles. The maximum Gasteiger partial charge on any atom is 0.251 e. The van der Waals surface area contributed by atoms with Crippen molar-refractivity contribution in [2.24, 2.45) is 18.0 Å². The van der Waals surface area contributed by atoms with E-state index in [2.05, 4.69) is 38.7 Å². The first-order chi connectivity index (χ1) is 14.0. The summed E-state index contributed by atoms with van der Waals surface area (Å²) in [6.07, 6.45) is 6.20. The van der Waals surface area contributed by atoms with E-state index < -0.39 is 0 Å². The van der Waals surface area contributed by atoms with Crippen LogP contribution in [0.2, 0.25) is 0 Å². The molecule has 1 aromatic heterocycles. The highest BCUT2D eigenvalue weighted by atomic mass is 127. The van der Waals surface area contributed by atoms with Crippen LogP contribution in [0.1, 0.15) is 29.3 Å². The lowest BCUT2D eigenvalue weighted by Crippen LogP contribution is -2.40. The van der Waals surface area contributed by atoms with E-state index in [4.69, 9.17) is 0 Å². The smallest absolute Gasteiger partial charge is 0.251 e. The molecule has 0 bridgehead atoms. The summed E-state index contributed by atoms with van der Waals surface area (Å²) >= 11 is 0. The Labute approximate surface area is 194 Å². The maximum atomic E-state index is 12.1. The molecule has 164 valence electrons. The summed E-state index contributed by atoms with van der Waals surface area (Å²) in [7, 11) is 1.95. The van der Waals surface area contributed by atoms with Crippen LogP contribution in [0.5, 0.6) is 5.75 Å². The van der Waals surface area contributed by atoms with E-state index in [9.17, 15) is 9.90 Å². The van der Waals surface area contributed by atoms with Gasteiger partial charge in [-0.2, -0.15) is 5.10 Å². The molecule has 3 N–H and O–H groups in total. The number of carbonyl (C=O) groups excluding carboxylic acids is 1. The van der Waals surface area contributed by atoms with Crippen LogP contribution in [0.15, 0.2) is 41.7 Å². The fourth-order valence-corrected chi connectivity index (χ4v) is 3.57. The molecule has 1 saturated heterocycles. The third kappa shape index (κ3) is 6.89. The molecule has 0 spiro atoms. The Balaban J connectivity index is 0.00000320. The van der Waals surface area contributed by atoms with Crippen LogP contribution < -0.4 is 10.6 Å². The Morgan fingerprint density at radius 1 is 1.30 bits per heavy atom. The highest BCUT2D eigenvalue weighted by Gasteiger charge is 2.25. The Hall–Kier alpha value is -2.30. The molecule has 3 rings (SSSR count). The number of phenols is 1. The maximum absolute atomic E-state index is 12.1. The lowest BCUT2D eigenvalue weighted by molar-refractivity contribution is 0.0955. The van der Waals surface area contributed by atoms with Crippen molar-refractivity contribution in [1.29, 1.82) is 0 Å². The summed E-state index contributed by atoms with van der Waals surface area (Å²) in [6.45, 7) is 5.79. The number of aromatic hydroxyl groups is 1. The minimum atomic E-state index is -0.164. The summed E-state index contributed by atoms with van der Waals surface area (Å²) in [5.41, 5.74) is 1.80. The molecule has 1 aliphatic rings. The van der Waals surface area contributed by atoms with E-state index in [-0.39, 0.29) is 35.6 Å². The molecule has 1 fully saturated rings. The third-order valence-electron chi connectivity index (χ3n) is 4.99. The molecule has 0 aliphatic carbocycles. The number of benzene rings is 1. The van der Waals surface area contributed by atoms with Gasteiger partial charge in [-0.1, -0.05) is 0 Å². The second-order valence-corrected chi connectivity index (χ2v) is 7.37. The molecular formula is C21H31IN6O2. The third-order valence-corrected chi connectivity index (χ3v) is 4.99. The topological polar surface area (TPSA) is 94.8 Å². The zero-order valence-electron chi connectivity index (χ0n) is 17.5. The molecule has 1 aromatic carbocycles. The highest BCUT2D eigenvalue weighted by Crippen LogP contribution is 2.20. The molecule has 1 aliphatic heterocycles. The van der Waals surface area contributed by atoms with Gasteiger partial charge in [0.15, 0.2) is 5.96 Å². The van der Waals surface area contributed by atoms with Crippen LogP contribution in [-0.2, 0) is 13.5 Å². The number of hydrogen-bond acceptors (Lipinski definition) is 4. The van der Waals surface area contributed by atoms with Gasteiger partial charge in [-0.15, -0.1) is 24.0 Å². The second-order valence-electron chi connectivity index (χ2n) is 7.37. The number of hydrogen-bond donors (Lipinski definition) is 3. The number of aromatic nitrogens is 2. The van der Waals surface area contributed by atoms with Crippen LogP contribution in [0.25, 0.3) is 0 Å². The largest absolute Gasteiger partial charge is 0.508 e. The number of aryl methyl sites for hydroxylation is 1. The van der Waals surface area contributed by atoms with Crippen molar-refractivity contribution in [2.45, 2.75) is 19.8 Å². The normalized spacial score (nSPS) is 16.3. The van der Waals surface area contributed by atoms with Gasteiger partial charge < -0.3 is 20.6 Å². The number of aliphatic imine (C=N–C) groups is 1. The van der Waals surface area contributed by atoms with Gasteiger partial charge in [0.05, 0.1) is 12.7 Å². The summed E-state index contributed by atoms with van der Waals surface area (Å²) in [5, 5.41) is 19.8. The number of guanidine groups is 1. The molecule has 2 aromatic rings. The van der Waals surface area contributed by atoms with Crippen molar-refractivity contribution in [3.05, 3.63) is 47.8 Å². The van der Waals surface area contributed by atoms with Crippen molar-refractivity contribution in [2.75, 3.05) is 32.7 Å². The quantitative estimate of drug-likeness (QED) is 0.222. The van der Waals surface area contributed by atoms with Gasteiger partial charge in [0.2, 0.25) is 0 Å². The molecule has 0 radical (unpaired) electrons. The van der Waals surface area contributed by atoms with Crippen molar-refractivity contribution in [3.8, 4) is 5.75 Å². The summed E-state index contributed by atoms with van der Waals surface area (Å²) < 4.78 is 1.85. The number of nitrogens with one attached hydrogen (secondary N) is 2. The average Bonchev–Trinajstić information content (AvgIpc) is 3.34. The summed E-state index contributed by atoms with van der Waals surface area (Å²) in [5.74, 6) is 1.48. The van der Waals surface area contributed by atoms with Crippen molar-refractivity contribution < 1.29 is 9.90 Å². The van der Waals surface area contributed by atoms with E-state index in [1.54, 1.807) is 12.1 Å². The molecule has 8 nitrogen and oxygen atoms in total. The van der Waals surface area contributed by atoms with Crippen molar-refractivity contribution in [3.63, 3.8) is 0 Å². The van der Waals surface area contributed by atoms with Gasteiger partial charge in [-0.3, -0.25) is 14.5 Å². The lowest BCUT2D eigenvalue weighted by Gasteiger charge is -2.21. The second kappa shape index (κ2) is 11.8. The monoisotopic (exact) mass is 526 g/mol. The molecule has 1 amide bonds. The van der Waals surface area contributed by atoms with E-state index in [0.717, 1.165) is 38.4 Å². The number of rotatable bonds is 7. The fraction of sp³-hybridized carbons (Fsp3) is 0.476. The van der Waals surface area contributed by atoms with Crippen molar-refractivity contribution in [1.82, 2.24) is 25.3 Å². The minimum Gasteiger partial charge on any atom is -0.508 e. The van der Waals surface area contributed by atoms with E-state index in [1.165, 1.54) is 17.7 Å². The molecule has 30 heavy (non-hydrogen) atoms. The van der Waals surface area contributed by atoms with Crippen LogP contribution in [0.4, 0.5) is 0 Å². The minimum absolute atomic E-state index is 0. The predicted molar refractivity (Wildman–Crippen MR) is 128 cm³/mol. The first kappa shape index (κ1) is 24.0. The number of halogens is 1. The summed E-state index contributed by atoms with van der Waals surface area (Å²) in [6, 6.07) is 6.21. The standard InChI is InChI=1S/C21H30N6O2.HI/c1-3-22-21(24-10-9-23-20(29)18-4-6-19(28)7-5-18)27-11-8-16(15-27)12-17-13-25-26(2)14-17;/h4-7,13-14,16,28H,3,8-12,15H2,1-2H3,(H,22,24)(H,23,29);1H. The van der Waals surface area contributed by atoms with Gasteiger partial charge in [-0.05, 0) is 55.5 Å². The van der Waals surface area contributed by atoms with Crippen LogP contribution in [0.3, 0.4) is 0 Å². The van der Waals surface area contributed by atoms with Crippen LogP contribution in [0, 0.1) is 5.92 Å². The zero-order chi connectivity index (χ0) is 20.6. The number of phenolic OH excluding ortho intramolecular Hbond substituents is 1. The zero-order valence-corrected chi connectivity index (χ0v) is 19.9. The first-order valence-corrected chi connectivity index (χ1v) is 10.1. The highest BCUT2D eigenvalue weighted by molar-refractivity contribution is 14.0. The average molecular weight is 526 g/mol. The number of likely N-dealkylation sites (tertiary alicyclic amines) is 1. The van der Waals surface area contributed by atoms with E-state index >= 15 is 0 Å². The molecule has 9 heteroatoms. The Kier molecular flexibility index (Phi) is 9.41. The van der Waals surface area contributed by atoms with Gasteiger partial charge in [-0.25, -0.2) is 0 Å². The van der Waals surface area contributed by atoms with Crippen LogP contribution >= 0.6 is 24.0 Å². The predicted octanol–water partition coefficient (Wildman–Crippen LogP) is 2.00. The van der Waals surface area contributed by atoms with E-state index in [0.29, 0.717) is 24.6 Å². The molecular weight excluding hydrogens is 495 g/mol. The van der Waals surface area contributed by atoms with Gasteiger partial charge in [0, 0.05) is 45.0 Å². The van der Waals surface area contributed by atoms with Crippen LogP contribution in [-0.4, -0.2) is 64.4 Å². The van der Waals surface area contributed by atoms with Gasteiger partial charge >= 0.3 is 0 Å². The molecule has 0 saturated carbocycles. The number of amides is 1. The SMILES string of the molecule is CCNC(=NCCNC(=O)c1ccc(O)cc1)N1CCC(Cc2cnn(C)c2)C1.I. The summed E-state index contributed by atoms with van der Waals surface area (Å²) in [4.78, 5) is 19.1. The fourth-order valence-electron chi connectivity index (χ4n) is 3.57. The van der Waals surface area contributed by atoms with E-state index in [1.807, 2.05) is 17.9 Å². The Morgan fingerprint density at radius 3 is 2.73 bits per heavy atom. The lowest BCUT2D eigenvalue weighted by atomic mass is 10.0. The molecule has 1 unspecified atom stereocenters.